The lowest BCUT2D eigenvalue weighted by Gasteiger charge is -2.28. The van der Waals surface area contributed by atoms with E-state index in [0.29, 0.717) is 30.3 Å². The molecule has 1 aliphatic heterocycles. The summed E-state index contributed by atoms with van der Waals surface area (Å²) < 4.78 is 34.5. The Morgan fingerprint density at radius 1 is 1.03 bits per heavy atom. The first kappa shape index (κ1) is 21.2. The standard InChI is InChI=1S/C25H23F2N5O/c1-15-14-29-22(32-7-9-33-10-8-32)13-20(15)30-25-16(2)24(19-5-3-4-6-28-19)31-21-12-17(26)11-18(27)23(21)25/h3-6,11-14H,7-10H2,1-2H3,(H,29,30,31). The molecule has 0 aliphatic carbocycles. The van der Waals surface area contributed by atoms with Crippen LogP contribution in [0.2, 0.25) is 0 Å². The van der Waals surface area contributed by atoms with E-state index in [1.54, 1.807) is 12.4 Å². The summed E-state index contributed by atoms with van der Waals surface area (Å²) >= 11 is 0. The number of rotatable bonds is 4. The Hall–Kier alpha value is -3.65. The van der Waals surface area contributed by atoms with E-state index < -0.39 is 11.6 Å². The third-order valence-electron chi connectivity index (χ3n) is 5.84. The van der Waals surface area contributed by atoms with E-state index in [0.717, 1.165) is 41.8 Å². The van der Waals surface area contributed by atoms with Crippen LogP contribution in [-0.2, 0) is 4.74 Å². The van der Waals surface area contributed by atoms with Gasteiger partial charge in [0.05, 0.1) is 41.2 Å². The number of ether oxygens (including phenoxy) is 1. The van der Waals surface area contributed by atoms with Crippen molar-refractivity contribution in [1.82, 2.24) is 15.0 Å². The van der Waals surface area contributed by atoms with E-state index in [1.807, 2.05) is 38.1 Å². The number of hydrogen-bond donors (Lipinski definition) is 1. The van der Waals surface area contributed by atoms with Gasteiger partial charge < -0.3 is 15.0 Å². The van der Waals surface area contributed by atoms with Crippen LogP contribution in [0.15, 0.2) is 48.8 Å². The van der Waals surface area contributed by atoms with Crippen LogP contribution in [0.25, 0.3) is 22.3 Å². The summed E-state index contributed by atoms with van der Waals surface area (Å²) in [6.07, 6.45) is 3.46. The third kappa shape index (κ3) is 4.09. The first-order valence-corrected chi connectivity index (χ1v) is 10.8. The summed E-state index contributed by atoms with van der Waals surface area (Å²) in [6, 6.07) is 9.57. The van der Waals surface area contributed by atoms with Gasteiger partial charge in [0, 0.05) is 54.9 Å². The Morgan fingerprint density at radius 3 is 2.61 bits per heavy atom. The maximum atomic E-state index is 15.0. The molecule has 168 valence electrons. The molecular formula is C25H23F2N5O. The van der Waals surface area contributed by atoms with Gasteiger partial charge in [-0.15, -0.1) is 0 Å². The fourth-order valence-electron chi connectivity index (χ4n) is 4.06. The van der Waals surface area contributed by atoms with Crippen molar-refractivity contribution in [2.75, 3.05) is 36.5 Å². The molecule has 33 heavy (non-hydrogen) atoms. The van der Waals surface area contributed by atoms with Crippen molar-refractivity contribution in [2.24, 2.45) is 0 Å². The molecule has 4 heterocycles. The van der Waals surface area contributed by atoms with Gasteiger partial charge in [-0.25, -0.2) is 18.7 Å². The zero-order chi connectivity index (χ0) is 22.9. The molecule has 3 aromatic heterocycles. The van der Waals surface area contributed by atoms with Crippen molar-refractivity contribution >= 4 is 28.1 Å². The first-order valence-electron chi connectivity index (χ1n) is 10.8. The number of nitrogens with zero attached hydrogens (tertiary/aromatic N) is 4. The van der Waals surface area contributed by atoms with Gasteiger partial charge in [0.25, 0.3) is 0 Å². The van der Waals surface area contributed by atoms with Gasteiger partial charge >= 0.3 is 0 Å². The minimum atomic E-state index is -0.677. The second-order valence-corrected chi connectivity index (χ2v) is 8.04. The Kier molecular flexibility index (Phi) is 5.60. The van der Waals surface area contributed by atoms with Gasteiger partial charge in [0.1, 0.15) is 17.5 Å². The second-order valence-electron chi connectivity index (χ2n) is 8.04. The smallest absolute Gasteiger partial charge is 0.137 e. The molecule has 0 atom stereocenters. The number of halogens is 2. The van der Waals surface area contributed by atoms with Gasteiger partial charge in [0.2, 0.25) is 0 Å². The van der Waals surface area contributed by atoms with Crippen molar-refractivity contribution in [3.63, 3.8) is 0 Å². The normalized spacial score (nSPS) is 14.0. The minimum Gasteiger partial charge on any atom is -0.378 e. The largest absolute Gasteiger partial charge is 0.378 e. The monoisotopic (exact) mass is 447 g/mol. The van der Waals surface area contributed by atoms with E-state index >= 15 is 4.39 Å². The Balaban J connectivity index is 1.67. The molecule has 4 aromatic rings. The van der Waals surface area contributed by atoms with E-state index in [1.165, 1.54) is 6.07 Å². The summed E-state index contributed by atoms with van der Waals surface area (Å²) in [4.78, 5) is 15.7. The lowest BCUT2D eigenvalue weighted by atomic mass is 10.0. The van der Waals surface area contributed by atoms with E-state index in [9.17, 15) is 4.39 Å². The quantitative estimate of drug-likeness (QED) is 0.466. The molecule has 1 aromatic carbocycles. The van der Waals surface area contributed by atoms with Crippen LogP contribution >= 0.6 is 0 Å². The Bertz CT molecular complexity index is 1320. The van der Waals surface area contributed by atoms with Crippen LogP contribution in [0.3, 0.4) is 0 Å². The maximum absolute atomic E-state index is 15.0. The summed E-state index contributed by atoms with van der Waals surface area (Å²) in [7, 11) is 0. The van der Waals surface area contributed by atoms with Crippen molar-refractivity contribution < 1.29 is 13.5 Å². The van der Waals surface area contributed by atoms with Crippen molar-refractivity contribution in [2.45, 2.75) is 13.8 Å². The number of morpholine rings is 1. The fourth-order valence-corrected chi connectivity index (χ4v) is 4.06. The maximum Gasteiger partial charge on any atom is 0.137 e. The zero-order valence-electron chi connectivity index (χ0n) is 18.4. The lowest BCUT2D eigenvalue weighted by Crippen LogP contribution is -2.36. The molecule has 8 heteroatoms. The highest BCUT2D eigenvalue weighted by Gasteiger charge is 2.20. The number of aromatic nitrogens is 3. The molecule has 1 saturated heterocycles. The van der Waals surface area contributed by atoms with Crippen molar-refractivity contribution in [3.05, 3.63) is 71.6 Å². The average Bonchev–Trinajstić information content (AvgIpc) is 2.83. The molecule has 0 unspecified atom stereocenters. The van der Waals surface area contributed by atoms with Crippen LogP contribution in [0.1, 0.15) is 11.1 Å². The first-order chi connectivity index (χ1) is 16.0. The predicted octanol–water partition coefficient (Wildman–Crippen LogP) is 5.17. The van der Waals surface area contributed by atoms with Gasteiger partial charge in [-0.3, -0.25) is 4.98 Å². The highest BCUT2D eigenvalue weighted by atomic mass is 19.1. The van der Waals surface area contributed by atoms with Crippen molar-refractivity contribution in [3.8, 4) is 11.4 Å². The highest BCUT2D eigenvalue weighted by molar-refractivity contribution is 5.98. The van der Waals surface area contributed by atoms with Crippen LogP contribution < -0.4 is 10.2 Å². The van der Waals surface area contributed by atoms with Crippen molar-refractivity contribution in [1.29, 1.82) is 0 Å². The lowest BCUT2D eigenvalue weighted by molar-refractivity contribution is 0.122. The van der Waals surface area contributed by atoms with Gasteiger partial charge in [-0.2, -0.15) is 0 Å². The summed E-state index contributed by atoms with van der Waals surface area (Å²) in [6.45, 7) is 6.61. The number of nitrogens with one attached hydrogen (secondary N) is 1. The van der Waals surface area contributed by atoms with E-state index in [4.69, 9.17) is 4.74 Å². The van der Waals surface area contributed by atoms with Gasteiger partial charge in [-0.1, -0.05) is 6.07 Å². The van der Waals surface area contributed by atoms with Crippen LogP contribution in [0.5, 0.6) is 0 Å². The summed E-state index contributed by atoms with van der Waals surface area (Å²) in [5.74, 6) is -0.529. The number of anilines is 3. The van der Waals surface area contributed by atoms with E-state index in [-0.39, 0.29) is 10.9 Å². The number of fused-ring (bicyclic) bond motifs is 1. The topological polar surface area (TPSA) is 63.2 Å². The summed E-state index contributed by atoms with van der Waals surface area (Å²) in [5, 5.41) is 3.64. The average molecular weight is 447 g/mol. The van der Waals surface area contributed by atoms with Gasteiger partial charge in [0.15, 0.2) is 0 Å². The summed E-state index contributed by atoms with van der Waals surface area (Å²) in [5.41, 5.74) is 4.36. The number of pyridine rings is 3. The molecule has 0 spiro atoms. The Morgan fingerprint density at radius 2 is 1.85 bits per heavy atom. The second kappa shape index (κ2) is 8.71. The molecule has 1 fully saturated rings. The zero-order valence-corrected chi connectivity index (χ0v) is 18.4. The fraction of sp³-hybridized carbons (Fsp3) is 0.240. The van der Waals surface area contributed by atoms with Crippen LogP contribution in [-0.4, -0.2) is 41.3 Å². The molecule has 6 nitrogen and oxygen atoms in total. The van der Waals surface area contributed by atoms with Crippen LogP contribution in [0, 0.1) is 25.5 Å². The number of aryl methyl sites for hydroxylation is 1. The molecule has 1 N–H and O–H groups in total. The number of benzene rings is 1. The van der Waals surface area contributed by atoms with Gasteiger partial charge in [-0.05, 0) is 31.5 Å². The third-order valence-corrected chi connectivity index (χ3v) is 5.84. The molecular weight excluding hydrogens is 424 g/mol. The molecule has 0 amide bonds. The molecule has 1 aliphatic rings. The van der Waals surface area contributed by atoms with Crippen LogP contribution in [0.4, 0.5) is 26.0 Å². The Labute approximate surface area is 190 Å². The minimum absolute atomic E-state index is 0.223. The molecule has 0 saturated carbocycles. The molecule has 0 bridgehead atoms. The molecule has 0 radical (unpaired) electrons. The SMILES string of the molecule is Cc1cnc(N2CCOCC2)cc1Nc1c(C)c(-c2ccccn2)nc2cc(F)cc(F)c12. The molecule has 5 rings (SSSR count). The predicted molar refractivity (Wildman–Crippen MR) is 125 cm³/mol. The number of hydrogen-bond acceptors (Lipinski definition) is 6. The van der Waals surface area contributed by atoms with E-state index in [2.05, 4.69) is 25.2 Å². The highest BCUT2D eigenvalue weighted by Crippen LogP contribution is 2.37.